The predicted octanol–water partition coefficient (Wildman–Crippen LogP) is 3.74. The molecule has 0 spiro atoms. The Morgan fingerprint density at radius 2 is 1.94 bits per heavy atom. The number of sulfonamides is 1. The Kier molecular flexibility index (Phi) is 8.93. The van der Waals surface area contributed by atoms with Crippen molar-refractivity contribution in [1.29, 1.82) is 0 Å². The van der Waals surface area contributed by atoms with E-state index in [1.54, 1.807) is 49.4 Å². The van der Waals surface area contributed by atoms with E-state index in [4.69, 9.17) is 16.3 Å². The van der Waals surface area contributed by atoms with Crippen molar-refractivity contribution in [2.45, 2.75) is 38.7 Å². The van der Waals surface area contributed by atoms with E-state index in [0.29, 0.717) is 40.7 Å². The number of hydrogen-bond acceptors (Lipinski definition) is 5. The minimum atomic E-state index is -3.57. The van der Waals surface area contributed by atoms with Crippen molar-refractivity contribution in [3.05, 3.63) is 58.6 Å². The lowest BCUT2D eigenvalue weighted by Gasteiger charge is -2.24. The summed E-state index contributed by atoms with van der Waals surface area (Å²) in [5.74, 6) is -0.596. The molecule has 1 aliphatic rings. The van der Waals surface area contributed by atoms with Gasteiger partial charge in [0.25, 0.3) is 5.91 Å². The average Bonchev–Trinajstić information content (AvgIpc) is 3.31. The maximum absolute atomic E-state index is 12.6. The number of carbonyl (C=O) groups excluding carboxylic acids is 2. The fourth-order valence-electron chi connectivity index (χ4n) is 3.82. The highest BCUT2D eigenvalue weighted by Crippen LogP contribution is 2.28. The van der Waals surface area contributed by atoms with Gasteiger partial charge in [-0.25, -0.2) is 8.42 Å². The van der Waals surface area contributed by atoms with E-state index >= 15 is 0 Å². The van der Waals surface area contributed by atoms with Crippen molar-refractivity contribution < 1.29 is 22.7 Å². The summed E-state index contributed by atoms with van der Waals surface area (Å²) >= 11 is 6.16. The van der Waals surface area contributed by atoms with Crippen LogP contribution >= 0.6 is 11.6 Å². The number of amides is 2. The molecule has 34 heavy (non-hydrogen) atoms. The topological polar surface area (TPSA) is 105 Å². The highest BCUT2D eigenvalue weighted by atomic mass is 35.5. The largest absolute Gasteiger partial charge is 0.376 e. The van der Waals surface area contributed by atoms with Crippen LogP contribution in [0.25, 0.3) is 0 Å². The monoisotopic (exact) mass is 507 g/mol. The summed E-state index contributed by atoms with van der Waals surface area (Å²) in [4.78, 5) is 25.2. The molecule has 0 radical (unpaired) electrons. The SMILES string of the molecule is Cc1c(Cl)cccc1N(CCCC(=O)Nc1ccccc1C(=O)NC[C@H]1CCCO1)S(C)(=O)=O. The second kappa shape index (κ2) is 11.7. The standard InChI is InChI=1S/C24H30ClN3O5S/c1-17-20(25)10-5-12-22(17)28(34(2,31)32)14-6-13-23(29)27-21-11-4-3-9-19(21)24(30)26-16-18-8-7-15-33-18/h3-5,9-12,18H,6-8,13-16H2,1-2H3,(H,26,30)(H,27,29)/t18-/m1/s1. The van der Waals surface area contributed by atoms with Crippen molar-refractivity contribution in [3.8, 4) is 0 Å². The zero-order valence-corrected chi connectivity index (χ0v) is 20.9. The number of carbonyl (C=O) groups is 2. The van der Waals surface area contributed by atoms with Crippen LogP contribution < -0.4 is 14.9 Å². The molecule has 1 aliphatic heterocycles. The Morgan fingerprint density at radius 3 is 2.65 bits per heavy atom. The van der Waals surface area contributed by atoms with E-state index in [1.807, 2.05) is 0 Å². The van der Waals surface area contributed by atoms with Crippen molar-refractivity contribution in [1.82, 2.24) is 5.32 Å². The minimum Gasteiger partial charge on any atom is -0.376 e. The van der Waals surface area contributed by atoms with E-state index in [1.165, 1.54) is 4.31 Å². The molecule has 184 valence electrons. The quantitative estimate of drug-likeness (QED) is 0.509. The second-order valence-electron chi connectivity index (χ2n) is 8.26. The van der Waals surface area contributed by atoms with Gasteiger partial charge in [0.2, 0.25) is 15.9 Å². The first-order valence-corrected chi connectivity index (χ1v) is 13.4. The van der Waals surface area contributed by atoms with Gasteiger partial charge in [-0.3, -0.25) is 13.9 Å². The van der Waals surface area contributed by atoms with Crippen molar-refractivity contribution >= 4 is 44.8 Å². The van der Waals surface area contributed by atoms with Gasteiger partial charge in [0, 0.05) is 31.1 Å². The van der Waals surface area contributed by atoms with Crippen LogP contribution in [0.4, 0.5) is 11.4 Å². The van der Waals surface area contributed by atoms with Crippen LogP contribution in [0, 0.1) is 6.92 Å². The molecule has 2 N–H and O–H groups in total. The first-order chi connectivity index (χ1) is 16.2. The third-order valence-electron chi connectivity index (χ3n) is 5.63. The average molecular weight is 508 g/mol. The molecule has 2 amide bonds. The summed E-state index contributed by atoms with van der Waals surface area (Å²) in [5, 5.41) is 6.10. The summed E-state index contributed by atoms with van der Waals surface area (Å²) in [6, 6.07) is 11.9. The van der Waals surface area contributed by atoms with E-state index in [2.05, 4.69) is 10.6 Å². The lowest BCUT2D eigenvalue weighted by molar-refractivity contribution is -0.116. The van der Waals surface area contributed by atoms with E-state index in [-0.39, 0.29) is 37.3 Å². The van der Waals surface area contributed by atoms with Gasteiger partial charge in [-0.15, -0.1) is 0 Å². The number of hydrogen-bond donors (Lipinski definition) is 2. The molecule has 0 aromatic heterocycles. The molecule has 0 aliphatic carbocycles. The number of halogens is 1. The smallest absolute Gasteiger partial charge is 0.253 e. The van der Waals surface area contributed by atoms with Crippen molar-refractivity contribution in [2.75, 3.05) is 35.6 Å². The predicted molar refractivity (Wildman–Crippen MR) is 134 cm³/mol. The number of benzene rings is 2. The Morgan fingerprint density at radius 1 is 1.18 bits per heavy atom. The second-order valence-corrected chi connectivity index (χ2v) is 10.6. The fourth-order valence-corrected chi connectivity index (χ4v) is 5.01. The molecule has 8 nitrogen and oxygen atoms in total. The Labute approximate surface area is 205 Å². The molecule has 2 aromatic rings. The maximum Gasteiger partial charge on any atom is 0.253 e. The molecular weight excluding hydrogens is 478 g/mol. The number of para-hydroxylation sites is 1. The number of nitrogens with zero attached hydrogens (tertiary/aromatic N) is 1. The van der Waals surface area contributed by atoms with Crippen LogP contribution in [0.3, 0.4) is 0 Å². The minimum absolute atomic E-state index is 0.0200. The van der Waals surface area contributed by atoms with Crippen LogP contribution in [0.1, 0.15) is 41.6 Å². The number of nitrogens with one attached hydrogen (secondary N) is 2. The molecule has 1 atom stereocenters. The molecule has 0 unspecified atom stereocenters. The Bertz CT molecular complexity index is 1130. The summed E-state index contributed by atoms with van der Waals surface area (Å²) in [7, 11) is -3.57. The molecule has 2 aromatic carbocycles. The van der Waals surface area contributed by atoms with Gasteiger partial charge in [-0.1, -0.05) is 29.8 Å². The van der Waals surface area contributed by atoms with Gasteiger partial charge in [0.1, 0.15) is 0 Å². The lowest BCUT2D eigenvalue weighted by Crippen LogP contribution is -2.33. The van der Waals surface area contributed by atoms with Crippen LogP contribution in [-0.4, -0.2) is 52.3 Å². The van der Waals surface area contributed by atoms with Crippen LogP contribution in [-0.2, 0) is 19.6 Å². The molecule has 1 heterocycles. The highest BCUT2D eigenvalue weighted by Gasteiger charge is 2.21. The number of ether oxygens (including phenoxy) is 1. The van der Waals surface area contributed by atoms with Crippen LogP contribution in [0.5, 0.6) is 0 Å². The number of anilines is 2. The zero-order valence-electron chi connectivity index (χ0n) is 19.3. The van der Waals surface area contributed by atoms with Gasteiger partial charge in [0.15, 0.2) is 0 Å². The van der Waals surface area contributed by atoms with Crippen molar-refractivity contribution in [2.24, 2.45) is 0 Å². The number of rotatable bonds is 10. The first-order valence-electron chi connectivity index (χ1n) is 11.2. The third-order valence-corrected chi connectivity index (χ3v) is 7.22. The van der Waals surface area contributed by atoms with Gasteiger partial charge < -0.3 is 15.4 Å². The van der Waals surface area contributed by atoms with Gasteiger partial charge in [0.05, 0.1) is 29.3 Å². The van der Waals surface area contributed by atoms with Gasteiger partial charge in [-0.05, 0) is 56.0 Å². The van der Waals surface area contributed by atoms with Crippen LogP contribution in [0.15, 0.2) is 42.5 Å². The zero-order chi connectivity index (χ0) is 24.7. The normalized spacial score (nSPS) is 15.7. The highest BCUT2D eigenvalue weighted by molar-refractivity contribution is 7.92. The molecular formula is C24H30ClN3O5S. The fraction of sp³-hybridized carbons (Fsp3) is 0.417. The summed E-state index contributed by atoms with van der Waals surface area (Å²) in [6.45, 7) is 3.01. The van der Waals surface area contributed by atoms with Crippen LogP contribution in [0.2, 0.25) is 5.02 Å². The Hall–Kier alpha value is -2.62. The summed E-state index contributed by atoms with van der Waals surface area (Å²) in [6.07, 6.45) is 3.42. The van der Waals surface area contributed by atoms with E-state index < -0.39 is 10.0 Å². The molecule has 3 rings (SSSR count). The molecule has 1 saturated heterocycles. The third kappa shape index (κ3) is 6.94. The molecule has 0 bridgehead atoms. The van der Waals surface area contributed by atoms with E-state index in [0.717, 1.165) is 19.1 Å². The Balaban J connectivity index is 1.59. The van der Waals surface area contributed by atoms with Crippen molar-refractivity contribution in [3.63, 3.8) is 0 Å². The molecule has 1 fully saturated rings. The molecule has 0 saturated carbocycles. The summed E-state index contributed by atoms with van der Waals surface area (Å²) in [5.41, 5.74) is 1.91. The van der Waals surface area contributed by atoms with E-state index in [9.17, 15) is 18.0 Å². The summed E-state index contributed by atoms with van der Waals surface area (Å²) < 4.78 is 31.5. The van der Waals surface area contributed by atoms with Gasteiger partial charge in [-0.2, -0.15) is 0 Å². The first kappa shape index (κ1) is 26.0. The van der Waals surface area contributed by atoms with Gasteiger partial charge >= 0.3 is 0 Å². The molecule has 10 heteroatoms. The maximum atomic E-state index is 12.6. The lowest BCUT2D eigenvalue weighted by atomic mass is 10.1.